The van der Waals surface area contributed by atoms with E-state index in [-0.39, 0.29) is 0 Å². The van der Waals surface area contributed by atoms with Crippen molar-refractivity contribution < 1.29 is 28.5 Å². The molecule has 108 heteroatoms. The zero-order valence-corrected chi connectivity index (χ0v) is 149. The Balaban J connectivity index is 0.000000679. The van der Waals surface area contributed by atoms with E-state index in [4.69, 9.17) is 105 Å². The molecule has 147 heavy (non-hydrogen) atoms. The second-order valence-corrected chi connectivity index (χ2v) is 182. The molecule has 2 aromatic heterocycles. The van der Waals surface area contributed by atoms with Gasteiger partial charge in [0.1, 0.15) is 0 Å². The van der Waals surface area contributed by atoms with Crippen molar-refractivity contribution in [1.82, 2.24) is 9.55 Å². The maximum atomic E-state index is 12.4. The van der Waals surface area contributed by atoms with E-state index in [1.807, 2.05) is 615 Å². The van der Waals surface area contributed by atoms with E-state index in [1.54, 1.807) is 243 Å². The van der Waals surface area contributed by atoms with Crippen molar-refractivity contribution in [2.24, 2.45) is 0 Å². The smallest absolute Gasteiger partial charge is 0.358 e. The van der Waals surface area contributed by atoms with Crippen molar-refractivity contribution in [3.63, 3.8) is 0 Å². The zero-order chi connectivity index (χ0) is 106. The average molecular weight is 3850 g/mol. The number of hydrogen-bond acceptors (Lipinski definition) is 10. The number of aromatic amines is 1. The summed E-state index contributed by atoms with van der Waals surface area (Å²) in [6.07, 6.45) is 3.08. The van der Waals surface area contributed by atoms with Crippen LogP contribution < -0.4 is 9.47 Å². The molecule has 0 aliphatic carbocycles. The highest BCUT2D eigenvalue weighted by Crippen LogP contribution is 2.36. The summed E-state index contributed by atoms with van der Waals surface area (Å²) >= 11 is 42.9. The topological polar surface area (TPSA) is 91.8 Å². The van der Waals surface area contributed by atoms with Crippen molar-refractivity contribution in [2.45, 2.75) is 32.7 Å². The Labute approximate surface area is 1150 Å². The Bertz CT molecular complexity index is 10200. The summed E-state index contributed by atoms with van der Waals surface area (Å²) < 4.78 is 22.2. The van der Waals surface area contributed by atoms with Gasteiger partial charge in [0.05, 0.1) is 34.0 Å². The number of esters is 2. The summed E-state index contributed by atoms with van der Waals surface area (Å²) in [6.45, 7) is 2.77. The molecule has 0 unspecified atom stereocenters. The van der Waals surface area contributed by atoms with Crippen LogP contribution >= 0.6 is 46.4 Å². The first-order chi connectivity index (χ1) is 72.4. The number of benzene rings is 4. The minimum atomic E-state index is -0.468. The number of ether oxygens (including phenoxy) is 4. The number of rotatable bonds is 9. The van der Waals surface area contributed by atoms with Gasteiger partial charge in [-0.25, -0.2) is 9.59 Å². The van der Waals surface area contributed by atoms with E-state index < -0.39 is 11.9 Å². The molecule has 2 heterocycles. The maximum absolute atomic E-state index is 12.4. The lowest BCUT2D eigenvalue weighted by molar-refractivity contribution is 0.0578. The van der Waals surface area contributed by atoms with E-state index in [9.17, 15) is 9.59 Å². The Morgan fingerprint density at radius 3 is 0.653 bits per heavy atom. The number of aryl methyl sites for hydroxylation is 3. The SMILES string of the molecule is CCCc1ccc(Cl)cc1.COC(=O)c1[nH]c2ccc(Cl)cc2c1OC.COC(=O)c1c(OC)c2cc(Cl)ccc2n1CCc1ccc(Cl)cc1.S=S=S=S=S=S=S=S=S=S=S=S=S=S=S=S=S=S=S=S=S=S=S=S=S=S=S=S=S=S=S=S=S=S=S=S=S=S=S=S=S=S=S=S=S.S=S=S=S=S=S=S=S=S=S=S=S=S=S=S=S=S=S=S=S=S=S=S=S=S=S=S=S=S=S=S=S=S=S=S=S=S=S=S=S=S=S=S=S=S=S=S=S=S=S=S. The van der Waals surface area contributed by atoms with Gasteiger partial charge in [-0.2, -0.15) is 0 Å². The van der Waals surface area contributed by atoms with Gasteiger partial charge in [-0.15, -0.1) is 0 Å². The van der Waals surface area contributed by atoms with Crippen LogP contribution in [0.2, 0.25) is 20.1 Å². The number of carbonyl (C=O) groups is 2. The zero-order valence-electron chi connectivity index (χ0n) is 68.0. The van der Waals surface area contributed by atoms with Gasteiger partial charge >= 0.3 is 11.9 Å². The maximum Gasteiger partial charge on any atom is 0.358 e. The molecule has 1 N–H and O–H groups in total. The first-order valence-corrected chi connectivity index (χ1v) is 158. The molecule has 6 rings (SSSR count). The Morgan fingerprint density at radius 1 is 0.252 bits per heavy atom. The molecular weight excluding hydrogens is 3810 g/mol. The van der Waals surface area contributed by atoms with Gasteiger partial charge in [-0.05, 0) is 84.6 Å². The van der Waals surface area contributed by atoms with Crippen molar-refractivity contribution in [3.8, 4) is 11.5 Å². The average Bonchev–Trinajstić information content (AvgIpc) is 1.61. The molecule has 0 radical (unpaired) electrons. The van der Waals surface area contributed by atoms with Gasteiger partial charge in [-0.3, -0.25) is 0 Å². The minimum Gasteiger partial charge on any atom is -0.494 e. The fourth-order valence-electron chi connectivity index (χ4n) is 6.46. The van der Waals surface area contributed by atoms with E-state index >= 15 is 0 Å². The number of aromatic nitrogens is 2. The second kappa shape index (κ2) is 128. The fourth-order valence-corrected chi connectivity index (χ4v) is 249. The van der Waals surface area contributed by atoms with E-state index in [0.717, 1.165) is 45.2 Å². The van der Waals surface area contributed by atoms with Crippen LogP contribution in [0.1, 0.15) is 45.4 Å². The monoisotopic (exact) mass is 3840 g/mol. The molecule has 0 amide bonds. The van der Waals surface area contributed by atoms with Gasteiger partial charge in [0.2, 0.25) is 0 Å². The lowest BCUT2D eigenvalue weighted by Crippen LogP contribution is -2.13. The highest BCUT2D eigenvalue weighted by molar-refractivity contribution is 8.86. The summed E-state index contributed by atoms with van der Waals surface area (Å²) in [5.74, 6) is 0.00857. The predicted octanol–water partition coefficient (Wildman–Crippen LogP) is 10.7. The molecule has 0 atom stereocenters. The van der Waals surface area contributed by atoms with Crippen LogP contribution in [-0.2, 0) is 891 Å². The number of nitrogens with zero attached hydrogens (tertiary/aromatic N) is 1. The van der Waals surface area contributed by atoms with Gasteiger partial charge in [0.25, 0.3) is 0 Å². The summed E-state index contributed by atoms with van der Waals surface area (Å²) in [5.41, 5.74) is 4.82. The van der Waals surface area contributed by atoms with Crippen LogP contribution in [0.25, 0.3) is 21.8 Å². The second-order valence-electron chi connectivity index (χ2n) is 17.4. The normalized spacial score (nSPS) is 8.71. The molecular formula is C39H38Cl4N2O6S96. The fraction of sp³-hybridized carbons (Fsp3) is 0.231. The summed E-state index contributed by atoms with van der Waals surface area (Å²) in [7, 11) is 170. The van der Waals surface area contributed by atoms with Crippen LogP contribution in [0.4, 0.5) is 0 Å². The van der Waals surface area contributed by atoms with Gasteiger partial charge < -0.3 is 28.5 Å². The van der Waals surface area contributed by atoms with Gasteiger partial charge in [0.15, 0.2) is 22.9 Å². The first kappa shape index (κ1) is 160. The standard InChI is InChI=1S/C19H17Cl2NO3.C11H10ClNO3.C9H11Cl.S51.S45/c1-24-18-15-11-14(21)7-8-16(15)22(17(18)19(23)25-2)10-9-12-3-5-13(20)6-4-12;1-15-10-7-5-6(12)3-4-8(7)13-9(10)11(14)16-2;1-2-3-8-4-6-9(10)7-5-8;1-3-5-7-9-11-13-15-17-19-21-23-25-27-29-31-33-35-37-39-41-43-45-47-49-51-50-48-46-44-42-40-38-36-34-32-30-28-26-24-22-20-18-16-14-12-10-8-6-4-2;1-3-5-7-9-11-13-15-17-19-21-23-25-27-29-31-33-35-37-39-41-43-45-44-42-40-38-36-34-32-30-28-26-24-22-20-18-16-14-12-10-8-6-4-2/h3-8,11H,9-10H2,1-2H3;3-5,13H,1-2H3;4-7H,2-3H2,1H3;;. The van der Waals surface area contributed by atoms with Crippen LogP contribution in [0, 0.1) is 0 Å². The predicted molar refractivity (Wildman–Crippen MR) is 914 cm³/mol. The third kappa shape index (κ3) is 100. The lowest BCUT2D eigenvalue weighted by Gasteiger charge is -2.10. The number of carbonyl (C=O) groups excluding carboxylic acids is 2. The Kier molecular flexibility index (Phi) is 139. The molecule has 6 aromatic rings. The third-order valence-corrected chi connectivity index (χ3v) is 211. The van der Waals surface area contributed by atoms with Crippen LogP contribution in [0.5, 0.6) is 11.5 Å². The van der Waals surface area contributed by atoms with Crippen molar-refractivity contribution >= 4 is 942 Å². The molecule has 8 nitrogen and oxygen atoms in total. The molecule has 0 aliphatic heterocycles. The summed E-state index contributed by atoms with van der Waals surface area (Å²) in [6, 6.07) is 26.4. The third-order valence-electron chi connectivity index (χ3n) is 10.4. The first-order valence-electron chi connectivity index (χ1n) is 31.6. The van der Waals surface area contributed by atoms with Crippen molar-refractivity contribution in [1.29, 1.82) is 0 Å². The molecule has 0 saturated carbocycles. The summed E-state index contributed by atoms with van der Waals surface area (Å²) in [4.78, 5) is 26.8. The van der Waals surface area contributed by atoms with Crippen LogP contribution in [-0.4, -0.2) is 49.9 Å². The quantitative estimate of drug-likeness (QED) is 0.141. The van der Waals surface area contributed by atoms with Crippen LogP contribution in [0.3, 0.4) is 0 Å². The molecule has 4 aromatic carbocycles. The summed E-state index contributed by atoms with van der Waals surface area (Å²) in [5, 5.41) is 4.22. The van der Waals surface area contributed by atoms with Crippen LogP contribution in [0.15, 0.2) is 84.9 Å². The number of halogens is 4. The van der Waals surface area contributed by atoms with Gasteiger partial charge in [0, 0.05) is 905 Å². The van der Waals surface area contributed by atoms with Crippen molar-refractivity contribution in [3.05, 3.63) is 128 Å². The van der Waals surface area contributed by atoms with Crippen molar-refractivity contribution in [2.75, 3.05) is 28.4 Å². The van der Waals surface area contributed by atoms with Gasteiger partial charge in [-0.1, -0.05) is 84.0 Å². The molecule has 0 bridgehead atoms. The number of fused-ring (bicyclic) bond motifs is 2. The number of H-pyrrole nitrogens is 1. The highest BCUT2D eigenvalue weighted by Gasteiger charge is 2.25. The molecule has 0 fully saturated rings. The molecule has 0 spiro atoms. The largest absolute Gasteiger partial charge is 0.494 e. The highest BCUT2D eigenvalue weighted by atomic mass is 35.5. The lowest BCUT2D eigenvalue weighted by atomic mass is 10.1. The van der Waals surface area contributed by atoms with E-state index in [2.05, 4.69) is 28.8 Å². The number of methoxy groups -OCH3 is 4. The van der Waals surface area contributed by atoms with E-state index in [1.165, 1.54) is 75.9 Å². The molecule has 0 saturated heterocycles. The molecule has 844 valence electrons. The Hall–Kier alpha value is 16.8. The number of hydrogen-bond donors (Lipinski definition) is 1. The molecule has 0 aliphatic rings. The van der Waals surface area contributed by atoms with E-state index in [0.29, 0.717) is 44.5 Å². The number of nitrogens with one attached hydrogen (secondary N) is 1. The minimum absolute atomic E-state index is 0.294. The Morgan fingerprint density at radius 2 is 0.449 bits per heavy atom.